The van der Waals surface area contributed by atoms with E-state index in [0.29, 0.717) is 17.9 Å². The smallest absolute Gasteiger partial charge is 0.415 e. The highest BCUT2D eigenvalue weighted by Crippen LogP contribution is 2.16. The van der Waals surface area contributed by atoms with Gasteiger partial charge in [0.05, 0.1) is 7.11 Å². The summed E-state index contributed by atoms with van der Waals surface area (Å²) in [4.78, 5) is 46.9. The molecule has 2 heterocycles. The van der Waals surface area contributed by atoms with E-state index in [1.807, 2.05) is 65.0 Å². The predicted molar refractivity (Wildman–Crippen MR) is 158 cm³/mol. The first-order chi connectivity index (χ1) is 18.7. The molecule has 0 saturated carbocycles. The minimum absolute atomic E-state index is 0. The van der Waals surface area contributed by atoms with Crippen molar-refractivity contribution in [3.8, 4) is 0 Å². The maximum absolute atomic E-state index is 12.3. The van der Waals surface area contributed by atoms with Crippen LogP contribution in [0.4, 0.5) is 15.4 Å². The molecule has 40 heavy (non-hydrogen) atoms. The molecule has 10 heteroatoms. The summed E-state index contributed by atoms with van der Waals surface area (Å²) in [7, 11) is 2.88. The van der Waals surface area contributed by atoms with Crippen LogP contribution in [0.2, 0.25) is 0 Å². The van der Waals surface area contributed by atoms with E-state index < -0.39 is 35.4 Å². The molecule has 2 aromatic heterocycles. The molecule has 1 atom stereocenters. The van der Waals surface area contributed by atoms with Crippen LogP contribution in [0.25, 0.3) is 6.08 Å². The number of alkyl carbamates (subject to hydrolysis) is 1. The number of aromatic nitrogens is 2. The van der Waals surface area contributed by atoms with Gasteiger partial charge in [-0.2, -0.15) is 0 Å². The molecule has 0 saturated heterocycles. The molecule has 0 aliphatic carbocycles. The van der Waals surface area contributed by atoms with Gasteiger partial charge in [-0.15, -0.1) is 0 Å². The van der Waals surface area contributed by atoms with Crippen LogP contribution in [0, 0.1) is 0 Å². The lowest BCUT2D eigenvalue weighted by Crippen LogP contribution is -2.45. The third kappa shape index (κ3) is 12.7. The molecule has 222 valence electrons. The standard InChI is InChI=1S/C28H38N4O6.C2H6.H2/c1-27(2,3)37-25(34)31-22(24(33)36-8)17-21-16-15-19(18-29-21)11-9-12-20-13-10-14-23(30-20)32(7)26(35)38-28(4,5)6;1-2;/h9-11,13-16,18,22H,12,17H2,1-8H3,(H,31,34);1-2H3;1H/b11-9+;;/t22-;;/m0../s1. The summed E-state index contributed by atoms with van der Waals surface area (Å²) in [5, 5.41) is 2.54. The van der Waals surface area contributed by atoms with Crippen LogP contribution >= 0.6 is 0 Å². The Morgan fingerprint density at radius 3 is 2.20 bits per heavy atom. The molecular formula is C30H46N4O6. The van der Waals surface area contributed by atoms with Crippen molar-refractivity contribution in [2.45, 2.75) is 85.5 Å². The molecule has 0 fully saturated rings. The molecular weight excluding hydrogens is 512 g/mol. The van der Waals surface area contributed by atoms with Crippen LogP contribution in [0.15, 0.2) is 42.6 Å². The van der Waals surface area contributed by atoms with E-state index in [9.17, 15) is 14.4 Å². The second-order valence-electron chi connectivity index (χ2n) is 10.6. The zero-order valence-electron chi connectivity index (χ0n) is 25.4. The number of esters is 1. The SMILES string of the molecule is CC.COC(=O)[C@H](Cc1ccc(/C=C/Cc2cccc(N(C)C(=O)OC(C)(C)C)n2)cn1)NC(=O)OC(C)(C)C.[HH]. The zero-order valence-corrected chi connectivity index (χ0v) is 25.4. The Balaban J connectivity index is 0.00000521. The monoisotopic (exact) mass is 558 g/mol. The summed E-state index contributed by atoms with van der Waals surface area (Å²) in [6.45, 7) is 14.7. The van der Waals surface area contributed by atoms with Gasteiger partial charge in [-0.25, -0.2) is 19.4 Å². The van der Waals surface area contributed by atoms with Gasteiger partial charge >= 0.3 is 18.2 Å². The number of nitrogens with zero attached hydrogens (tertiary/aromatic N) is 3. The topological polar surface area (TPSA) is 120 Å². The molecule has 0 aromatic carbocycles. The Labute approximate surface area is 239 Å². The third-order valence-corrected chi connectivity index (χ3v) is 4.88. The van der Waals surface area contributed by atoms with Crippen molar-refractivity contribution in [3.63, 3.8) is 0 Å². The Kier molecular flexibility index (Phi) is 13.3. The highest BCUT2D eigenvalue weighted by molar-refractivity contribution is 5.86. The maximum Gasteiger partial charge on any atom is 0.415 e. The highest BCUT2D eigenvalue weighted by atomic mass is 16.6. The number of carbonyl (C=O) groups is 3. The van der Waals surface area contributed by atoms with Crippen molar-refractivity contribution in [1.82, 2.24) is 15.3 Å². The Hall–Kier alpha value is -3.95. The minimum atomic E-state index is -0.930. The number of nitrogens with one attached hydrogen (secondary N) is 1. The summed E-state index contributed by atoms with van der Waals surface area (Å²) in [6, 6.07) is 8.18. The first kappa shape index (κ1) is 34.1. The fraction of sp³-hybridized carbons (Fsp3) is 0.500. The van der Waals surface area contributed by atoms with Gasteiger partial charge in [-0.05, 0) is 65.3 Å². The summed E-state index contributed by atoms with van der Waals surface area (Å²) >= 11 is 0. The van der Waals surface area contributed by atoms with E-state index in [1.54, 1.807) is 46.1 Å². The van der Waals surface area contributed by atoms with Crippen LogP contribution in [0.1, 0.15) is 73.8 Å². The summed E-state index contributed by atoms with van der Waals surface area (Å²) in [5.74, 6) is -0.0926. The molecule has 2 rings (SSSR count). The van der Waals surface area contributed by atoms with E-state index in [-0.39, 0.29) is 7.85 Å². The van der Waals surface area contributed by atoms with Crippen molar-refractivity contribution in [2.24, 2.45) is 0 Å². The maximum atomic E-state index is 12.3. The summed E-state index contributed by atoms with van der Waals surface area (Å²) in [6.07, 6.45) is 5.03. The number of hydrogen-bond acceptors (Lipinski definition) is 8. The van der Waals surface area contributed by atoms with Crippen LogP contribution in [0.5, 0.6) is 0 Å². The summed E-state index contributed by atoms with van der Waals surface area (Å²) in [5.41, 5.74) is 0.956. The Bertz CT molecular complexity index is 1140. The first-order valence-electron chi connectivity index (χ1n) is 13.3. The molecule has 10 nitrogen and oxygen atoms in total. The first-order valence-corrected chi connectivity index (χ1v) is 13.3. The van der Waals surface area contributed by atoms with Crippen molar-refractivity contribution < 1.29 is 30.0 Å². The number of methoxy groups -OCH3 is 1. The molecule has 2 amide bonds. The van der Waals surface area contributed by atoms with Gasteiger partial charge in [0.2, 0.25) is 0 Å². The van der Waals surface area contributed by atoms with Crippen molar-refractivity contribution in [2.75, 3.05) is 19.1 Å². The van der Waals surface area contributed by atoms with Crippen molar-refractivity contribution in [3.05, 3.63) is 59.6 Å². The van der Waals surface area contributed by atoms with Gasteiger partial charge in [-0.1, -0.05) is 38.1 Å². The number of rotatable bonds is 8. The number of anilines is 1. The number of allylic oxidation sites excluding steroid dienone is 1. The van der Waals surface area contributed by atoms with Gasteiger partial charge < -0.3 is 19.5 Å². The number of ether oxygens (including phenoxy) is 3. The fourth-order valence-corrected chi connectivity index (χ4v) is 3.16. The lowest BCUT2D eigenvalue weighted by atomic mass is 10.1. The Morgan fingerprint density at radius 2 is 1.65 bits per heavy atom. The quantitative estimate of drug-likeness (QED) is 0.310. The van der Waals surface area contributed by atoms with Gasteiger partial charge in [0.1, 0.15) is 23.1 Å². The number of amides is 2. The molecule has 0 radical (unpaired) electrons. The number of pyridine rings is 2. The van der Waals surface area contributed by atoms with Gasteiger partial charge in [0, 0.05) is 38.9 Å². The van der Waals surface area contributed by atoms with Crippen LogP contribution in [-0.2, 0) is 31.8 Å². The van der Waals surface area contributed by atoms with E-state index in [1.165, 1.54) is 12.0 Å². The molecule has 2 aromatic rings. The number of carbonyl (C=O) groups excluding carboxylic acids is 3. The van der Waals surface area contributed by atoms with Crippen LogP contribution < -0.4 is 10.2 Å². The Morgan fingerprint density at radius 1 is 1.00 bits per heavy atom. The van der Waals surface area contributed by atoms with E-state index >= 15 is 0 Å². The third-order valence-electron chi connectivity index (χ3n) is 4.88. The second-order valence-corrected chi connectivity index (χ2v) is 10.6. The highest BCUT2D eigenvalue weighted by Gasteiger charge is 2.26. The molecule has 1 N–H and O–H groups in total. The average molecular weight is 559 g/mol. The predicted octanol–water partition coefficient (Wildman–Crippen LogP) is 5.98. The number of hydrogen-bond donors (Lipinski definition) is 1. The molecule has 0 unspecified atom stereocenters. The lowest BCUT2D eigenvalue weighted by Gasteiger charge is -2.24. The molecule has 0 aliphatic rings. The van der Waals surface area contributed by atoms with E-state index in [4.69, 9.17) is 14.2 Å². The van der Waals surface area contributed by atoms with Crippen molar-refractivity contribution >= 4 is 30.0 Å². The zero-order chi connectivity index (χ0) is 30.5. The van der Waals surface area contributed by atoms with Gasteiger partial charge in [-0.3, -0.25) is 9.88 Å². The summed E-state index contributed by atoms with van der Waals surface area (Å²) < 4.78 is 15.4. The lowest BCUT2D eigenvalue weighted by molar-refractivity contribution is -0.143. The van der Waals surface area contributed by atoms with Crippen LogP contribution in [-0.4, -0.2) is 59.5 Å². The molecule has 0 bridgehead atoms. The normalized spacial score (nSPS) is 12.1. The van der Waals surface area contributed by atoms with E-state index in [0.717, 1.165) is 11.3 Å². The van der Waals surface area contributed by atoms with Gasteiger partial charge in [0.15, 0.2) is 0 Å². The van der Waals surface area contributed by atoms with Gasteiger partial charge in [0.25, 0.3) is 0 Å². The largest absolute Gasteiger partial charge is 0.467 e. The average Bonchev–Trinajstić information content (AvgIpc) is 2.87. The minimum Gasteiger partial charge on any atom is -0.467 e. The fourth-order valence-electron chi connectivity index (χ4n) is 3.16. The molecule has 0 spiro atoms. The second kappa shape index (κ2) is 15.6. The molecule has 0 aliphatic heterocycles. The van der Waals surface area contributed by atoms with Crippen molar-refractivity contribution in [1.29, 1.82) is 0 Å². The van der Waals surface area contributed by atoms with E-state index in [2.05, 4.69) is 15.3 Å². The van der Waals surface area contributed by atoms with Crippen LogP contribution in [0.3, 0.4) is 0 Å².